The molecule has 1 atom stereocenters. The highest BCUT2D eigenvalue weighted by atomic mass is 16.5. The summed E-state index contributed by atoms with van der Waals surface area (Å²) in [6.45, 7) is 2.45. The molecule has 4 rings (SSSR count). The number of aromatic nitrogens is 1. The molecule has 0 saturated carbocycles. The van der Waals surface area contributed by atoms with Crippen LogP contribution in [-0.4, -0.2) is 24.7 Å². The summed E-state index contributed by atoms with van der Waals surface area (Å²) >= 11 is 0. The first-order valence-corrected chi connectivity index (χ1v) is 7.19. The number of ether oxygens (including phenoxy) is 1. The minimum Gasteiger partial charge on any atom is -0.436 e. The van der Waals surface area contributed by atoms with Crippen LogP contribution in [0.1, 0.15) is 11.7 Å². The van der Waals surface area contributed by atoms with Crippen molar-refractivity contribution in [2.45, 2.75) is 6.10 Å². The van der Waals surface area contributed by atoms with E-state index in [4.69, 9.17) is 9.15 Å². The van der Waals surface area contributed by atoms with E-state index in [1.165, 1.54) is 0 Å². The number of para-hydroxylation sites is 2. The van der Waals surface area contributed by atoms with Gasteiger partial charge in [-0.3, -0.25) is 0 Å². The third-order valence-corrected chi connectivity index (χ3v) is 3.76. The second kappa shape index (κ2) is 5.31. The van der Waals surface area contributed by atoms with E-state index in [-0.39, 0.29) is 6.10 Å². The maximum Gasteiger partial charge on any atom is 0.227 e. The molecule has 1 fully saturated rings. The van der Waals surface area contributed by atoms with Gasteiger partial charge in [0.25, 0.3) is 0 Å². The Balaban J connectivity index is 1.80. The van der Waals surface area contributed by atoms with E-state index in [9.17, 15) is 0 Å². The van der Waals surface area contributed by atoms with Gasteiger partial charge in [0.2, 0.25) is 5.89 Å². The third-order valence-electron chi connectivity index (χ3n) is 3.76. The predicted octanol–water partition coefficient (Wildman–Crippen LogP) is 3.16. The molecule has 106 valence electrons. The lowest BCUT2D eigenvalue weighted by Crippen LogP contribution is -2.33. The molecule has 1 aliphatic heterocycles. The Bertz CT molecular complexity index is 727. The smallest absolute Gasteiger partial charge is 0.227 e. The summed E-state index contributed by atoms with van der Waals surface area (Å²) < 4.78 is 11.8. The molecule has 2 heterocycles. The van der Waals surface area contributed by atoms with E-state index in [0.717, 1.165) is 41.9 Å². The van der Waals surface area contributed by atoms with Gasteiger partial charge in [0.1, 0.15) is 5.52 Å². The van der Waals surface area contributed by atoms with Crippen molar-refractivity contribution in [3.63, 3.8) is 0 Å². The Hall–Kier alpha value is -2.17. The minimum atomic E-state index is 0.0463. The van der Waals surface area contributed by atoms with Crippen LogP contribution in [0, 0.1) is 0 Å². The highest BCUT2D eigenvalue weighted by Crippen LogP contribution is 2.32. The summed E-state index contributed by atoms with van der Waals surface area (Å²) in [5.41, 5.74) is 3.81. The monoisotopic (exact) mass is 280 g/mol. The predicted molar refractivity (Wildman–Crippen MR) is 81.0 cm³/mol. The fourth-order valence-corrected chi connectivity index (χ4v) is 2.73. The molecular formula is C17H16N2O2. The number of morpholine rings is 1. The van der Waals surface area contributed by atoms with Crippen molar-refractivity contribution in [2.75, 3.05) is 19.7 Å². The van der Waals surface area contributed by atoms with E-state index in [1.807, 2.05) is 42.5 Å². The van der Waals surface area contributed by atoms with Gasteiger partial charge in [-0.25, -0.2) is 4.98 Å². The summed E-state index contributed by atoms with van der Waals surface area (Å²) in [5.74, 6) is 0.654. The number of nitrogens with zero attached hydrogens (tertiary/aromatic N) is 1. The highest BCUT2D eigenvalue weighted by Gasteiger charge is 2.21. The molecule has 0 bridgehead atoms. The molecule has 4 heteroatoms. The maximum atomic E-state index is 5.90. The van der Waals surface area contributed by atoms with Gasteiger partial charge in [-0.2, -0.15) is 0 Å². The highest BCUT2D eigenvalue weighted by molar-refractivity contribution is 5.76. The minimum absolute atomic E-state index is 0.0463. The van der Waals surface area contributed by atoms with Gasteiger partial charge in [-0.05, 0) is 23.8 Å². The van der Waals surface area contributed by atoms with Crippen LogP contribution in [0.3, 0.4) is 0 Å². The first kappa shape index (κ1) is 12.6. The number of hydrogen-bond acceptors (Lipinski definition) is 4. The van der Waals surface area contributed by atoms with Crippen LogP contribution in [0.25, 0.3) is 22.6 Å². The van der Waals surface area contributed by atoms with Crippen LogP contribution in [0.2, 0.25) is 0 Å². The summed E-state index contributed by atoms with van der Waals surface area (Å²) in [7, 11) is 0. The molecule has 0 radical (unpaired) electrons. The lowest BCUT2D eigenvalue weighted by Gasteiger charge is -2.25. The maximum absolute atomic E-state index is 5.90. The number of fused-ring (bicyclic) bond motifs is 1. The van der Waals surface area contributed by atoms with Crippen molar-refractivity contribution < 1.29 is 9.15 Å². The molecule has 1 saturated heterocycles. The second-order valence-corrected chi connectivity index (χ2v) is 5.14. The van der Waals surface area contributed by atoms with Gasteiger partial charge < -0.3 is 14.5 Å². The van der Waals surface area contributed by atoms with Crippen molar-refractivity contribution in [1.82, 2.24) is 10.3 Å². The molecule has 3 aromatic rings. The van der Waals surface area contributed by atoms with Crippen molar-refractivity contribution in [1.29, 1.82) is 0 Å². The van der Waals surface area contributed by atoms with Crippen molar-refractivity contribution in [2.24, 2.45) is 0 Å². The molecule has 4 nitrogen and oxygen atoms in total. The molecule has 2 aromatic carbocycles. The van der Waals surface area contributed by atoms with Gasteiger partial charge in [0.15, 0.2) is 5.58 Å². The zero-order chi connectivity index (χ0) is 14.1. The lowest BCUT2D eigenvalue weighted by molar-refractivity contribution is 0.0279. The Morgan fingerprint density at radius 3 is 2.76 bits per heavy atom. The van der Waals surface area contributed by atoms with Gasteiger partial charge in [0, 0.05) is 18.7 Å². The van der Waals surface area contributed by atoms with E-state index in [1.54, 1.807) is 0 Å². The van der Waals surface area contributed by atoms with Crippen molar-refractivity contribution in [3.8, 4) is 11.5 Å². The van der Waals surface area contributed by atoms with Gasteiger partial charge >= 0.3 is 0 Å². The third kappa shape index (κ3) is 2.33. The average molecular weight is 280 g/mol. The quantitative estimate of drug-likeness (QED) is 0.783. The standard InChI is InChI=1S/C17H16N2O2/c1-2-6-13(12(5-1)16-11-18-9-10-20-16)17-19-14-7-3-4-8-15(14)21-17/h1-8,16,18H,9-11H2. The first-order chi connectivity index (χ1) is 10.4. The topological polar surface area (TPSA) is 47.3 Å². The first-order valence-electron chi connectivity index (χ1n) is 7.19. The largest absolute Gasteiger partial charge is 0.436 e. The van der Waals surface area contributed by atoms with E-state index in [2.05, 4.69) is 16.4 Å². The number of nitrogens with one attached hydrogen (secondary N) is 1. The van der Waals surface area contributed by atoms with Crippen molar-refractivity contribution in [3.05, 3.63) is 54.1 Å². The SMILES string of the molecule is c1ccc(C2CNCCO2)c(-c2nc3ccccc3o2)c1. The molecule has 1 unspecified atom stereocenters. The fourth-order valence-electron chi connectivity index (χ4n) is 2.73. The van der Waals surface area contributed by atoms with Gasteiger partial charge in [0.05, 0.1) is 12.7 Å². The molecule has 0 aliphatic carbocycles. The number of benzene rings is 2. The molecule has 1 aromatic heterocycles. The number of hydrogen-bond donors (Lipinski definition) is 1. The molecular weight excluding hydrogens is 264 g/mol. The van der Waals surface area contributed by atoms with Gasteiger partial charge in [-0.1, -0.05) is 30.3 Å². The Labute approximate surface area is 122 Å². The Morgan fingerprint density at radius 1 is 1.05 bits per heavy atom. The Morgan fingerprint density at radius 2 is 1.90 bits per heavy atom. The van der Waals surface area contributed by atoms with E-state index < -0.39 is 0 Å². The van der Waals surface area contributed by atoms with Gasteiger partial charge in [-0.15, -0.1) is 0 Å². The van der Waals surface area contributed by atoms with Crippen LogP contribution in [0.5, 0.6) is 0 Å². The molecule has 0 spiro atoms. The number of rotatable bonds is 2. The average Bonchev–Trinajstić information content (AvgIpc) is 2.99. The summed E-state index contributed by atoms with van der Waals surface area (Å²) in [6.07, 6.45) is 0.0463. The summed E-state index contributed by atoms with van der Waals surface area (Å²) in [5, 5.41) is 3.36. The van der Waals surface area contributed by atoms with Crippen LogP contribution in [-0.2, 0) is 4.74 Å². The van der Waals surface area contributed by atoms with Crippen LogP contribution in [0.4, 0.5) is 0 Å². The summed E-state index contributed by atoms with van der Waals surface area (Å²) in [6, 6.07) is 16.0. The van der Waals surface area contributed by atoms with E-state index in [0.29, 0.717) is 5.89 Å². The van der Waals surface area contributed by atoms with Crippen molar-refractivity contribution >= 4 is 11.1 Å². The summed E-state index contributed by atoms with van der Waals surface area (Å²) in [4.78, 5) is 4.60. The zero-order valence-corrected chi connectivity index (χ0v) is 11.6. The molecule has 0 amide bonds. The normalized spacial score (nSPS) is 19.0. The second-order valence-electron chi connectivity index (χ2n) is 5.14. The molecule has 1 N–H and O–H groups in total. The molecule has 1 aliphatic rings. The van der Waals surface area contributed by atoms with Crippen LogP contribution in [0.15, 0.2) is 52.9 Å². The van der Waals surface area contributed by atoms with Crippen LogP contribution >= 0.6 is 0 Å². The Kier molecular flexibility index (Phi) is 3.18. The zero-order valence-electron chi connectivity index (χ0n) is 11.6. The van der Waals surface area contributed by atoms with Crippen LogP contribution < -0.4 is 5.32 Å². The number of oxazole rings is 1. The molecule has 21 heavy (non-hydrogen) atoms. The lowest BCUT2D eigenvalue weighted by atomic mass is 10.0. The van der Waals surface area contributed by atoms with E-state index >= 15 is 0 Å². The fraction of sp³-hybridized carbons (Fsp3) is 0.235.